The van der Waals surface area contributed by atoms with Gasteiger partial charge in [-0.15, -0.1) is 11.3 Å². The summed E-state index contributed by atoms with van der Waals surface area (Å²) < 4.78 is 3.48. The minimum absolute atomic E-state index is 0.124. The molecule has 0 aliphatic heterocycles. The Balaban J connectivity index is 2.15. The van der Waals surface area contributed by atoms with Gasteiger partial charge in [-0.1, -0.05) is 63.7 Å². The summed E-state index contributed by atoms with van der Waals surface area (Å²) >= 11 is 8.05. The summed E-state index contributed by atoms with van der Waals surface area (Å²) in [5, 5.41) is 17.6. The molecule has 3 aromatic rings. The molecule has 2 aromatic carbocycles. The molecule has 0 saturated heterocycles. The molecule has 0 spiro atoms. The van der Waals surface area contributed by atoms with Gasteiger partial charge in [-0.3, -0.25) is 10.8 Å². The van der Waals surface area contributed by atoms with Crippen LogP contribution >= 0.6 is 50.8 Å². The third-order valence-corrected chi connectivity index (χ3v) is 7.16. The number of nitrogens with two attached hydrogens (primary N) is 2. The van der Waals surface area contributed by atoms with Crippen LogP contribution in [0.5, 0.6) is 0 Å². The molecule has 6 N–H and O–H groups in total. The van der Waals surface area contributed by atoms with Gasteiger partial charge in [0.2, 0.25) is 0 Å². The molecular formula is C16H15BrN4S3. The maximum Gasteiger partial charge on any atom is 0.151 e. The summed E-state index contributed by atoms with van der Waals surface area (Å²) in [5.74, 6) is 1.36. The van der Waals surface area contributed by atoms with E-state index >= 15 is 0 Å². The average Bonchev–Trinajstić information content (AvgIpc) is 2.90. The van der Waals surface area contributed by atoms with Crippen LogP contribution in [0.2, 0.25) is 0 Å². The van der Waals surface area contributed by atoms with E-state index in [0.717, 1.165) is 4.47 Å². The fraction of sp³-hybridized carbons (Fsp3) is 0.125. The Bertz CT molecular complexity index is 951. The Labute approximate surface area is 160 Å². The van der Waals surface area contributed by atoms with Crippen molar-refractivity contribution in [3.8, 4) is 0 Å². The molecule has 0 aliphatic carbocycles. The summed E-state index contributed by atoms with van der Waals surface area (Å²) in [7, 11) is 0. The normalized spacial score (nSPS) is 11.2. The van der Waals surface area contributed by atoms with Gasteiger partial charge >= 0.3 is 0 Å². The molecule has 0 fully saturated rings. The fourth-order valence-corrected chi connectivity index (χ4v) is 5.98. The lowest BCUT2D eigenvalue weighted by molar-refractivity contribution is 1.44. The number of hydrogen-bond acceptors (Lipinski definition) is 5. The van der Waals surface area contributed by atoms with Crippen LogP contribution in [0.1, 0.15) is 11.1 Å². The van der Waals surface area contributed by atoms with Crippen molar-refractivity contribution in [3.05, 3.63) is 45.9 Å². The van der Waals surface area contributed by atoms with Crippen molar-refractivity contribution in [3.63, 3.8) is 0 Å². The second kappa shape index (κ2) is 7.35. The Kier molecular flexibility index (Phi) is 5.39. The maximum atomic E-state index is 7.45. The standard InChI is InChI=1S/C16H15BrN4S3/c17-12-5-4-10-9-3-1-2-8(6-22-15(18)19)13(9)24-14(10)11(12)7-23-16(20)21/h1-5H,6-7H2,(H3,18,19)(H3,20,21). The van der Waals surface area contributed by atoms with Crippen molar-refractivity contribution >= 4 is 81.3 Å². The summed E-state index contributed by atoms with van der Waals surface area (Å²) in [6.07, 6.45) is 0. The SMILES string of the molecule is N=C(N)SCc1cccc2c1sc1c(CSC(=N)N)c(Br)ccc12. The fourth-order valence-electron chi connectivity index (χ4n) is 2.51. The first-order valence-electron chi connectivity index (χ1n) is 7.02. The van der Waals surface area contributed by atoms with E-state index in [1.165, 1.54) is 54.8 Å². The highest BCUT2D eigenvalue weighted by atomic mass is 79.9. The topological polar surface area (TPSA) is 99.7 Å². The molecule has 1 heterocycles. The van der Waals surface area contributed by atoms with Crippen LogP contribution in [-0.4, -0.2) is 10.3 Å². The van der Waals surface area contributed by atoms with Gasteiger partial charge in [0.15, 0.2) is 10.3 Å². The number of rotatable bonds is 4. The number of thiophene rings is 1. The van der Waals surface area contributed by atoms with Crippen LogP contribution in [0.25, 0.3) is 20.2 Å². The predicted molar refractivity (Wildman–Crippen MR) is 113 cm³/mol. The van der Waals surface area contributed by atoms with E-state index in [9.17, 15) is 0 Å². The van der Waals surface area contributed by atoms with Crippen LogP contribution in [-0.2, 0) is 11.5 Å². The molecule has 4 nitrogen and oxygen atoms in total. The summed E-state index contributed by atoms with van der Waals surface area (Å²) in [6, 6.07) is 10.5. The number of nitrogens with one attached hydrogen (secondary N) is 2. The first kappa shape index (κ1) is 17.6. The Morgan fingerprint density at radius 3 is 2.33 bits per heavy atom. The minimum Gasteiger partial charge on any atom is -0.379 e. The lowest BCUT2D eigenvalue weighted by Gasteiger charge is -2.05. The first-order chi connectivity index (χ1) is 11.5. The minimum atomic E-state index is 0.124. The van der Waals surface area contributed by atoms with Crippen LogP contribution in [0, 0.1) is 10.8 Å². The molecule has 0 amide bonds. The summed E-state index contributed by atoms with van der Waals surface area (Å²) in [4.78, 5) is 0. The van der Waals surface area contributed by atoms with Gasteiger partial charge in [-0.25, -0.2) is 0 Å². The van der Waals surface area contributed by atoms with Gasteiger partial charge in [0, 0.05) is 36.2 Å². The van der Waals surface area contributed by atoms with Crippen molar-refractivity contribution < 1.29 is 0 Å². The lowest BCUT2D eigenvalue weighted by atomic mass is 10.1. The van der Waals surface area contributed by atoms with E-state index in [1.807, 2.05) is 0 Å². The van der Waals surface area contributed by atoms with Gasteiger partial charge < -0.3 is 11.5 Å². The molecule has 0 atom stereocenters. The number of fused-ring (bicyclic) bond motifs is 3. The van der Waals surface area contributed by atoms with Crippen molar-refractivity contribution in [2.24, 2.45) is 11.5 Å². The van der Waals surface area contributed by atoms with E-state index in [2.05, 4.69) is 46.3 Å². The molecule has 3 rings (SSSR count). The van der Waals surface area contributed by atoms with Gasteiger partial charge in [0.05, 0.1) is 0 Å². The van der Waals surface area contributed by atoms with Gasteiger partial charge in [-0.2, -0.15) is 0 Å². The Hall–Kier alpha value is -1.22. The zero-order valence-corrected chi connectivity index (χ0v) is 16.6. The number of halogens is 1. The number of thioether (sulfide) groups is 2. The van der Waals surface area contributed by atoms with E-state index in [4.69, 9.17) is 22.3 Å². The molecular weight excluding hydrogens is 424 g/mol. The van der Waals surface area contributed by atoms with Crippen molar-refractivity contribution in [1.82, 2.24) is 0 Å². The monoisotopic (exact) mass is 438 g/mol. The zero-order valence-electron chi connectivity index (χ0n) is 12.6. The second-order valence-electron chi connectivity index (χ2n) is 5.10. The van der Waals surface area contributed by atoms with Crippen LogP contribution in [0.4, 0.5) is 0 Å². The highest BCUT2D eigenvalue weighted by Crippen LogP contribution is 2.41. The smallest absolute Gasteiger partial charge is 0.151 e. The quantitative estimate of drug-likeness (QED) is 0.337. The van der Waals surface area contributed by atoms with Gasteiger partial charge in [0.25, 0.3) is 0 Å². The third kappa shape index (κ3) is 3.56. The molecule has 24 heavy (non-hydrogen) atoms. The largest absolute Gasteiger partial charge is 0.379 e. The van der Waals surface area contributed by atoms with Crippen LogP contribution < -0.4 is 11.5 Å². The molecule has 0 unspecified atom stereocenters. The van der Waals surface area contributed by atoms with Gasteiger partial charge in [0.1, 0.15) is 0 Å². The maximum absolute atomic E-state index is 7.45. The van der Waals surface area contributed by atoms with E-state index in [0.29, 0.717) is 11.5 Å². The van der Waals surface area contributed by atoms with E-state index in [1.54, 1.807) is 11.3 Å². The first-order valence-corrected chi connectivity index (χ1v) is 10.6. The highest BCUT2D eigenvalue weighted by molar-refractivity contribution is 9.10. The highest BCUT2D eigenvalue weighted by Gasteiger charge is 2.14. The lowest BCUT2D eigenvalue weighted by Crippen LogP contribution is -2.03. The van der Waals surface area contributed by atoms with E-state index in [-0.39, 0.29) is 10.3 Å². The van der Waals surface area contributed by atoms with Crippen molar-refractivity contribution in [2.45, 2.75) is 11.5 Å². The molecule has 0 saturated carbocycles. The second-order valence-corrected chi connectivity index (χ2v) is 9.01. The van der Waals surface area contributed by atoms with Crippen LogP contribution in [0.3, 0.4) is 0 Å². The molecule has 0 radical (unpaired) electrons. The summed E-state index contributed by atoms with van der Waals surface area (Å²) in [5.41, 5.74) is 13.3. The molecule has 124 valence electrons. The van der Waals surface area contributed by atoms with Crippen molar-refractivity contribution in [1.29, 1.82) is 10.8 Å². The number of hydrogen-bond donors (Lipinski definition) is 4. The Morgan fingerprint density at radius 2 is 1.62 bits per heavy atom. The van der Waals surface area contributed by atoms with Crippen molar-refractivity contribution in [2.75, 3.05) is 0 Å². The van der Waals surface area contributed by atoms with Gasteiger partial charge in [-0.05, 0) is 17.2 Å². The summed E-state index contributed by atoms with van der Waals surface area (Å²) in [6.45, 7) is 0. The Morgan fingerprint density at radius 1 is 0.958 bits per heavy atom. The average molecular weight is 439 g/mol. The molecule has 0 bridgehead atoms. The number of benzene rings is 2. The van der Waals surface area contributed by atoms with E-state index < -0.39 is 0 Å². The predicted octanol–water partition coefficient (Wildman–Crippen LogP) is 5.07. The third-order valence-electron chi connectivity index (χ3n) is 3.55. The number of amidine groups is 2. The van der Waals surface area contributed by atoms with Crippen LogP contribution in [0.15, 0.2) is 34.8 Å². The molecule has 8 heteroatoms. The molecule has 1 aromatic heterocycles. The zero-order chi connectivity index (χ0) is 17.3. The molecule has 0 aliphatic rings.